The predicted octanol–water partition coefficient (Wildman–Crippen LogP) is 4.38. The molecule has 2 heterocycles. The van der Waals surface area contributed by atoms with Gasteiger partial charge in [-0.05, 0) is 36.8 Å². The number of halogens is 1. The fourth-order valence-corrected chi connectivity index (χ4v) is 2.93. The Morgan fingerprint density at radius 1 is 1.00 bits per heavy atom. The van der Waals surface area contributed by atoms with Crippen LogP contribution in [-0.2, 0) is 0 Å². The van der Waals surface area contributed by atoms with Gasteiger partial charge in [0.05, 0.1) is 23.1 Å². The first kappa shape index (κ1) is 15.0. The van der Waals surface area contributed by atoms with Crippen molar-refractivity contribution in [3.8, 4) is 28.5 Å². The van der Waals surface area contributed by atoms with Crippen LogP contribution in [0.25, 0.3) is 28.0 Å². The fourth-order valence-electron chi connectivity index (χ4n) is 2.93. The van der Waals surface area contributed by atoms with Gasteiger partial charge >= 0.3 is 0 Å². The van der Waals surface area contributed by atoms with Crippen molar-refractivity contribution in [2.75, 3.05) is 0 Å². The van der Waals surface area contributed by atoms with Crippen molar-refractivity contribution in [2.24, 2.45) is 0 Å². The molecule has 5 heteroatoms. The zero-order valence-electron chi connectivity index (χ0n) is 13.4. The number of nitrogens with zero attached hydrogens (tertiary/aromatic N) is 4. The Morgan fingerprint density at radius 2 is 1.72 bits per heavy atom. The van der Waals surface area contributed by atoms with E-state index < -0.39 is 0 Å². The molecule has 4 rings (SSSR count). The summed E-state index contributed by atoms with van der Waals surface area (Å²) in [7, 11) is 0. The second kappa shape index (κ2) is 5.84. The molecule has 2 aromatic carbocycles. The van der Waals surface area contributed by atoms with Gasteiger partial charge in [0.2, 0.25) is 0 Å². The monoisotopic (exact) mass is 328 g/mol. The predicted molar refractivity (Wildman–Crippen MR) is 93.3 cm³/mol. The lowest BCUT2D eigenvalue weighted by atomic mass is 10.1. The molecule has 0 fully saturated rings. The molecular weight excluding hydrogens is 315 g/mol. The van der Waals surface area contributed by atoms with Crippen molar-refractivity contribution in [2.45, 2.75) is 6.92 Å². The molecule has 0 bridgehead atoms. The molecule has 0 atom stereocenters. The first-order valence-corrected chi connectivity index (χ1v) is 7.79. The molecule has 0 saturated carbocycles. The summed E-state index contributed by atoms with van der Waals surface area (Å²) < 4.78 is 14.9. The lowest BCUT2D eigenvalue weighted by Crippen LogP contribution is -1.97. The highest BCUT2D eigenvalue weighted by molar-refractivity contribution is 5.82. The maximum Gasteiger partial charge on any atom is 0.163 e. The SMILES string of the molecule is Cc1nn2cc(C#N)c(-c3ccc(F)cc3)nc2c1-c1ccccc1. The minimum absolute atomic E-state index is 0.325. The highest BCUT2D eigenvalue weighted by Gasteiger charge is 2.17. The third-order valence-electron chi connectivity index (χ3n) is 4.08. The Kier molecular flexibility index (Phi) is 3.51. The Morgan fingerprint density at radius 3 is 2.40 bits per heavy atom. The van der Waals surface area contributed by atoms with Crippen molar-refractivity contribution in [3.05, 3.63) is 77.9 Å². The molecule has 0 N–H and O–H groups in total. The normalized spacial score (nSPS) is 10.8. The minimum atomic E-state index is -0.325. The molecule has 0 aliphatic rings. The summed E-state index contributed by atoms with van der Waals surface area (Å²) in [4.78, 5) is 4.70. The second-order valence-electron chi connectivity index (χ2n) is 5.72. The van der Waals surface area contributed by atoms with Crippen LogP contribution in [0.4, 0.5) is 4.39 Å². The average Bonchev–Trinajstić information content (AvgIpc) is 2.96. The summed E-state index contributed by atoms with van der Waals surface area (Å²) in [5.41, 5.74) is 5.04. The molecule has 0 aliphatic carbocycles. The summed E-state index contributed by atoms with van der Waals surface area (Å²) in [6.07, 6.45) is 1.67. The van der Waals surface area contributed by atoms with Crippen LogP contribution in [0.3, 0.4) is 0 Å². The van der Waals surface area contributed by atoms with Gasteiger partial charge in [-0.2, -0.15) is 10.4 Å². The van der Waals surface area contributed by atoms with Crippen LogP contribution < -0.4 is 0 Å². The van der Waals surface area contributed by atoms with Crippen LogP contribution in [0.5, 0.6) is 0 Å². The van der Waals surface area contributed by atoms with E-state index in [1.807, 2.05) is 37.3 Å². The van der Waals surface area contributed by atoms with Gasteiger partial charge in [0.1, 0.15) is 11.9 Å². The topological polar surface area (TPSA) is 54.0 Å². The van der Waals surface area contributed by atoms with Crippen molar-refractivity contribution < 1.29 is 4.39 Å². The molecule has 0 unspecified atom stereocenters. The summed E-state index contributed by atoms with van der Waals surface area (Å²) in [5.74, 6) is -0.325. The van der Waals surface area contributed by atoms with Crippen LogP contribution >= 0.6 is 0 Å². The average molecular weight is 328 g/mol. The number of aryl methyl sites for hydroxylation is 1. The standard InChI is InChI=1S/C20H13FN4/c1-13-18(14-5-3-2-4-6-14)20-23-19(15-7-9-17(21)10-8-15)16(11-22)12-25(20)24-13/h2-10,12H,1H3. The highest BCUT2D eigenvalue weighted by atomic mass is 19.1. The van der Waals surface area contributed by atoms with Gasteiger partial charge in [-0.1, -0.05) is 30.3 Å². The van der Waals surface area contributed by atoms with Crippen LogP contribution in [0.15, 0.2) is 60.8 Å². The van der Waals surface area contributed by atoms with Gasteiger partial charge in [-0.3, -0.25) is 0 Å². The zero-order chi connectivity index (χ0) is 17.4. The van der Waals surface area contributed by atoms with Gasteiger partial charge < -0.3 is 0 Å². The smallest absolute Gasteiger partial charge is 0.163 e. The summed E-state index contributed by atoms with van der Waals surface area (Å²) in [5, 5.41) is 14.0. The largest absolute Gasteiger partial charge is 0.226 e. The lowest BCUT2D eigenvalue weighted by Gasteiger charge is -2.06. The Bertz CT molecular complexity index is 1110. The summed E-state index contributed by atoms with van der Waals surface area (Å²) in [6.45, 7) is 1.92. The number of hydrogen-bond donors (Lipinski definition) is 0. The van der Waals surface area contributed by atoms with Gasteiger partial charge in [0.25, 0.3) is 0 Å². The van der Waals surface area contributed by atoms with E-state index in [0.717, 1.165) is 16.8 Å². The lowest BCUT2D eigenvalue weighted by molar-refractivity contribution is 0.628. The second-order valence-corrected chi connectivity index (χ2v) is 5.72. The first-order chi connectivity index (χ1) is 12.2. The van der Waals surface area contributed by atoms with E-state index >= 15 is 0 Å². The van der Waals surface area contributed by atoms with Crippen LogP contribution in [0.2, 0.25) is 0 Å². The van der Waals surface area contributed by atoms with E-state index in [9.17, 15) is 9.65 Å². The molecule has 25 heavy (non-hydrogen) atoms. The van der Waals surface area contributed by atoms with Crippen LogP contribution in [0, 0.1) is 24.1 Å². The van der Waals surface area contributed by atoms with E-state index in [1.54, 1.807) is 22.8 Å². The first-order valence-electron chi connectivity index (χ1n) is 7.79. The molecule has 0 spiro atoms. The van der Waals surface area contributed by atoms with Gasteiger partial charge in [-0.15, -0.1) is 0 Å². The molecule has 0 amide bonds. The third-order valence-corrected chi connectivity index (χ3v) is 4.08. The molecule has 2 aromatic heterocycles. The van der Waals surface area contributed by atoms with Crippen molar-refractivity contribution in [3.63, 3.8) is 0 Å². The van der Waals surface area contributed by atoms with Gasteiger partial charge in [0.15, 0.2) is 5.65 Å². The Balaban J connectivity index is 2.01. The molecular formula is C20H13FN4. The van der Waals surface area contributed by atoms with Crippen LogP contribution in [0.1, 0.15) is 11.3 Å². The number of fused-ring (bicyclic) bond motifs is 1. The molecule has 0 aliphatic heterocycles. The molecule has 4 nitrogen and oxygen atoms in total. The highest BCUT2D eigenvalue weighted by Crippen LogP contribution is 2.30. The van der Waals surface area contributed by atoms with Crippen LogP contribution in [-0.4, -0.2) is 14.6 Å². The summed E-state index contributed by atoms with van der Waals surface area (Å²) >= 11 is 0. The Labute approximate surface area is 143 Å². The number of nitriles is 1. The molecule has 120 valence electrons. The maximum absolute atomic E-state index is 13.2. The quantitative estimate of drug-likeness (QED) is 0.548. The zero-order valence-corrected chi connectivity index (χ0v) is 13.4. The van der Waals surface area contributed by atoms with Crippen molar-refractivity contribution >= 4 is 5.65 Å². The van der Waals surface area contributed by atoms with Crippen molar-refractivity contribution in [1.29, 1.82) is 5.26 Å². The molecule has 0 radical (unpaired) electrons. The van der Waals surface area contributed by atoms with E-state index in [-0.39, 0.29) is 5.82 Å². The third kappa shape index (κ3) is 2.54. The molecule has 4 aromatic rings. The van der Waals surface area contributed by atoms with E-state index in [1.165, 1.54) is 12.1 Å². The fraction of sp³-hybridized carbons (Fsp3) is 0.0500. The number of rotatable bonds is 2. The van der Waals surface area contributed by atoms with E-state index in [0.29, 0.717) is 22.5 Å². The summed E-state index contributed by atoms with van der Waals surface area (Å²) in [6, 6.07) is 18.0. The number of aromatic nitrogens is 3. The van der Waals surface area contributed by atoms with Gasteiger partial charge in [-0.25, -0.2) is 13.9 Å². The maximum atomic E-state index is 13.2. The number of benzene rings is 2. The molecule has 0 saturated heterocycles. The van der Waals surface area contributed by atoms with Gasteiger partial charge in [0, 0.05) is 11.1 Å². The minimum Gasteiger partial charge on any atom is -0.226 e. The Hall–Kier alpha value is -3.52. The van der Waals surface area contributed by atoms with E-state index in [2.05, 4.69) is 11.2 Å². The number of hydrogen-bond acceptors (Lipinski definition) is 3. The van der Waals surface area contributed by atoms with Crippen molar-refractivity contribution in [1.82, 2.24) is 14.6 Å². The van der Waals surface area contributed by atoms with E-state index in [4.69, 9.17) is 4.98 Å².